The Hall–Kier alpha value is -1.30. The van der Waals surface area contributed by atoms with Gasteiger partial charge >= 0.3 is 0 Å². The van der Waals surface area contributed by atoms with Crippen LogP contribution >= 0.6 is 22.9 Å². The molecule has 1 heterocycles. The molecule has 1 atom stereocenters. The topological polar surface area (TPSA) is 57.4 Å². The lowest BCUT2D eigenvalue weighted by Crippen LogP contribution is -2.13. The molecule has 1 aromatic carbocycles. The van der Waals surface area contributed by atoms with Crippen molar-refractivity contribution in [3.05, 3.63) is 38.3 Å². The smallest absolute Gasteiger partial charge is 0.179 e. The van der Waals surface area contributed by atoms with Crippen molar-refractivity contribution in [3.8, 4) is 11.5 Å². The number of aryl methyl sites for hydroxylation is 2. The molecule has 114 valence electrons. The van der Waals surface area contributed by atoms with Crippen molar-refractivity contribution >= 4 is 22.9 Å². The van der Waals surface area contributed by atoms with E-state index in [4.69, 9.17) is 26.8 Å². The summed E-state index contributed by atoms with van der Waals surface area (Å²) in [7, 11) is 3.13. The summed E-state index contributed by atoms with van der Waals surface area (Å²) in [5.41, 5.74) is 8.20. The molecule has 4 nitrogen and oxygen atoms in total. The van der Waals surface area contributed by atoms with Crippen LogP contribution in [0.1, 0.15) is 34.1 Å². The van der Waals surface area contributed by atoms with Crippen LogP contribution < -0.4 is 15.2 Å². The molecule has 1 unspecified atom stereocenters. The number of hydrogen-bond acceptors (Lipinski definition) is 5. The Morgan fingerprint density at radius 2 is 2.05 bits per heavy atom. The fourth-order valence-electron chi connectivity index (χ4n) is 2.19. The number of ether oxygens (including phenoxy) is 2. The third-order valence-corrected chi connectivity index (χ3v) is 4.85. The second-order valence-corrected chi connectivity index (χ2v) is 6.20. The van der Waals surface area contributed by atoms with E-state index in [-0.39, 0.29) is 6.04 Å². The van der Waals surface area contributed by atoms with Crippen LogP contribution in [0.3, 0.4) is 0 Å². The van der Waals surface area contributed by atoms with E-state index in [0.29, 0.717) is 16.5 Å². The zero-order chi connectivity index (χ0) is 15.6. The number of nitrogens with two attached hydrogens (primary N) is 1. The summed E-state index contributed by atoms with van der Waals surface area (Å²) in [6.45, 7) is 4.14. The Morgan fingerprint density at radius 3 is 2.57 bits per heavy atom. The maximum Gasteiger partial charge on any atom is 0.179 e. The van der Waals surface area contributed by atoms with Crippen LogP contribution in [0.2, 0.25) is 5.02 Å². The van der Waals surface area contributed by atoms with Gasteiger partial charge in [0.2, 0.25) is 0 Å². The zero-order valence-electron chi connectivity index (χ0n) is 12.6. The number of aromatic nitrogens is 1. The van der Waals surface area contributed by atoms with Gasteiger partial charge in [0.25, 0.3) is 0 Å². The highest BCUT2D eigenvalue weighted by atomic mass is 35.5. The molecule has 0 fully saturated rings. The summed E-state index contributed by atoms with van der Waals surface area (Å²) in [6, 6.07) is 3.29. The molecule has 6 heteroatoms. The van der Waals surface area contributed by atoms with Gasteiger partial charge in [0, 0.05) is 4.88 Å². The van der Waals surface area contributed by atoms with Crippen LogP contribution in [0.5, 0.6) is 11.5 Å². The molecule has 21 heavy (non-hydrogen) atoms. The van der Waals surface area contributed by atoms with Crippen molar-refractivity contribution in [1.29, 1.82) is 0 Å². The molecule has 2 aromatic rings. The van der Waals surface area contributed by atoms with Crippen LogP contribution in [-0.2, 0) is 6.42 Å². The molecule has 0 spiro atoms. The van der Waals surface area contributed by atoms with Crippen LogP contribution in [-0.4, -0.2) is 19.2 Å². The van der Waals surface area contributed by atoms with Gasteiger partial charge in [0.05, 0.1) is 31.0 Å². The maximum atomic E-state index is 6.41. The minimum absolute atomic E-state index is 0.374. The second-order valence-electron chi connectivity index (χ2n) is 4.59. The Morgan fingerprint density at radius 1 is 1.33 bits per heavy atom. The number of rotatable bonds is 5. The Kier molecular flexibility index (Phi) is 5.08. The Bertz CT molecular complexity index is 643. The lowest BCUT2D eigenvalue weighted by molar-refractivity contribution is 0.354. The fraction of sp³-hybridized carbons (Fsp3) is 0.400. The van der Waals surface area contributed by atoms with E-state index in [0.717, 1.165) is 22.7 Å². The maximum absolute atomic E-state index is 6.41. The van der Waals surface area contributed by atoms with Gasteiger partial charge in [-0.25, -0.2) is 4.98 Å². The molecule has 0 saturated carbocycles. The van der Waals surface area contributed by atoms with Crippen molar-refractivity contribution in [2.45, 2.75) is 26.3 Å². The monoisotopic (exact) mass is 326 g/mol. The van der Waals surface area contributed by atoms with E-state index < -0.39 is 0 Å². The summed E-state index contributed by atoms with van der Waals surface area (Å²) >= 11 is 8.02. The van der Waals surface area contributed by atoms with Crippen molar-refractivity contribution in [2.24, 2.45) is 5.73 Å². The van der Waals surface area contributed by atoms with Gasteiger partial charge < -0.3 is 15.2 Å². The average Bonchev–Trinajstić information content (AvgIpc) is 2.87. The van der Waals surface area contributed by atoms with Crippen LogP contribution in [0.15, 0.2) is 12.1 Å². The molecule has 2 rings (SSSR count). The highest BCUT2D eigenvalue weighted by Gasteiger charge is 2.21. The molecule has 0 radical (unpaired) electrons. The highest BCUT2D eigenvalue weighted by Crippen LogP contribution is 2.41. The number of benzene rings is 1. The molecule has 0 saturated heterocycles. The number of hydrogen-bond donors (Lipinski definition) is 1. The minimum atomic E-state index is -0.374. The Balaban J connectivity index is 2.45. The molecular weight excluding hydrogens is 308 g/mol. The van der Waals surface area contributed by atoms with E-state index in [1.54, 1.807) is 31.6 Å². The van der Waals surface area contributed by atoms with E-state index in [9.17, 15) is 0 Å². The van der Waals surface area contributed by atoms with Crippen molar-refractivity contribution < 1.29 is 9.47 Å². The van der Waals surface area contributed by atoms with Crippen molar-refractivity contribution in [1.82, 2.24) is 4.98 Å². The molecule has 0 aliphatic heterocycles. The third-order valence-electron chi connectivity index (χ3n) is 3.36. The van der Waals surface area contributed by atoms with Crippen LogP contribution in [0.25, 0.3) is 0 Å². The van der Waals surface area contributed by atoms with Gasteiger partial charge in [0.15, 0.2) is 11.5 Å². The summed E-state index contributed by atoms with van der Waals surface area (Å²) in [5, 5.41) is 1.33. The van der Waals surface area contributed by atoms with Gasteiger partial charge in [-0.15, -0.1) is 11.3 Å². The molecule has 1 aromatic heterocycles. The first-order chi connectivity index (χ1) is 10.0. The fourth-order valence-corrected chi connectivity index (χ4v) is 3.57. The van der Waals surface area contributed by atoms with E-state index in [2.05, 4.69) is 18.8 Å². The molecular formula is C15H19ClN2O2S. The highest BCUT2D eigenvalue weighted by molar-refractivity contribution is 7.11. The second kappa shape index (κ2) is 6.64. The average molecular weight is 327 g/mol. The van der Waals surface area contributed by atoms with E-state index >= 15 is 0 Å². The summed E-state index contributed by atoms with van der Waals surface area (Å²) in [4.78, 5) is 5.80. The van der Waals surface area contributed by atoms with Crippen molar-refractivity contribution in [3.63, 3.8) is 0 Å². The summed E-state index contributed by atoms with van der Waals surface area (Å²) < 4.78 is 10.5. The normalized spacial score (nSPS) is 12.3. The summed E-state index contributed by atoms with van der Waals surface area (Å²) in [6.07, 6.45) is 0.898. The number of methoxy groups -OCH3 is 2. The molecule has 2 N–H and O–H groups in total. The first-order valence-corrected chi connectivity index (χ1v) is 7.85. The van der Waals surface area contributed by atoms with Crippen LogP contribution in [0.4, 0.5) is 0 Å². The minimum Gasteiger partial charge on any atom is -0.493 e. The SMILES string of the molecule is CCc1nc(C(N)c2ccc(OC)c(OC)c2Cl)sc1C. The van der Waals surface area contributed by atoms with E-state index in [1.807, 2.05) is 6.07 Å². The van der Waals surface area contributed by atoms with Crippen molar-refractivity contribution in [2.75, 3.05) is 14.2 Å². The van der Waals surface area contributed by atoms with Gasteiger partial charge in [0.1, 0.15) is 5.01 Å². The number of halogens is 1. The molecule has 0 aliphatic rings. The van der Waals surface area contributed by atoms with E-state index in [1.165, 1.54) is 4.88 Å². The van der Waals surface area contributed by atoms with Gasteiger partial charge in [-0.2, -0.15) is 0 Å². The molecule has 0 aliphatic carbocycles. The predicted octanol–water partition coefficient (Wildman–Crippen LogP) is 3.73. The first kappa shape index (κ1) is 16.1. The number of nitrogens with zero attached hydrogens (tertiary/aromatic N) is 1. The van der Waals surface area contributed by atoms with Gasteiger partial charge in [-0.1, -0.05) is 24.6 Å². The Labute approximate surface area is 133 Å². The lowest BCUT2D eigenvalue weighted by atomic mass is 10.1. The summed E-state index contributed by atoms with van der Waals surface area (Å²) in [5.74, 6) is 1.08. The largest absolute Gasteiger partial charge is 0.493 e. The molecule has 0 amide bonds. The zero-order valence-corrected chi connectivity index (χ0v) is 14.1. The number of thiazole rings is 1. The van der Waals surface area contributed by atoms with Gasteiger partial charge in [-0.3, -0.25) is 0 Å². The first-order valence-electron chi connectivity index (χ1n) is 6.65. The van der Waals surface area contributed by atoms with Gasteiger partial charge in [-0.05, 0) is 25.0 Å². The quantitative estimate of drug-likeness (QED) is 0.909. The lowest BCUT2D eigenvalue weighted by Gasteiger charge is -2.16. The van der Waals surface area contributed by atoms with Crippen LogP contribution in [0, 0.1) is 6.92 Å². The molecule has 0 bridgehead atoms. The predicted molar refractivity (Wildman–Crippen MR) is 86.8 cm³/mol. The third kappa shape index (κ3) is 3.00. The standard InChI is InChI=1S/C15H19ClN2O2S/c1-5-10-8(2)21-15(18-10)13(17)9-6-7-11(19-3)14(20-4)12(9)16/h6-7,13H,5,17H2,1-4H3.